The Labute approximate surface area is 160 Å². The van der Waals surface area contributed by atoms with Crippen LogP contribution in [0, 0.1) is 11.3 Å². The summed E-state index contributed by atoms with van der Waals surface area (Å²) in [5.74, 6) is -0.154. The van der Waals surface area contributed by atoms with Crippen molar-refractivity contribution in [2.75, 3.05) is 0 Å². The van der Waals surface area contributed by atoms with E-state index in [1.807, 2.05) is 37.3 Å². The monoisotopic (exact) mass is 382 g/mol. The number of rotatable bonds is 6. The maximum Gasteiger partial charge on any atom is 0.230 e. The van der Waals surface area contributed by atoms with Gasteiger partial charge in [-0.25, -0.2) is 8.42 Å². The van der Waals surface area contributed by atoms with Gasteiger partial charge in [0.15, 0.2) is 0 Å². The topological polar surface area (TPSA) is 87.0 Å². The highest BCUT2D eigenvalue weighted by Crippen LogP contribution is 2.26. The fraction of sp³-hybridized carbons (Fsp3) is 0.238. The number of carbonyl (C=O) groups is 1. The van der Waals surface area contributed by atoms with E-state index in [4.69, 9.17) is 5.26 Å². The molecule has 140 valence electrons. The molecule has 0 heterocycles. The molecule has 0 saturated carbocycles. The lowest BCUT2D eigenvalue weighted by atomic mass is 9.83. The molecule has 2 aromatic rings. The highest BCUT2D eigenvalue weighted by Gasteiger charge is 2.31. The van der Waals surface area contributed by atoms with Gasteiger partial charge in [-0.15, -0.1) is 0 Å². The summed E-state index contributed by atoms with van der Waals surface area (Å²) in [5.41, 5.74) is 0.865. The number of carbonyl (C=O) groups excluding carboxylic acids is 1. The summed E-state index contributed by atoms with van der Waals surface area (Å²) in [4.78, 5) is 12.9. The summed E-state index contributed by atoms with van der Waals surface area (Å²) in [5, 5.41) is 12.4. The van der Waals surface area contributed by atoms with Crippen LogP contribution in [0.1, 0.15) is 37.9 Å². The van der Waals surface area contributed by atoms with Crippen LogP contribution in [-0.4, -0.2) is 14.3 Å². The second-order valence-corrected chi connectivity index (χ2v) is 8.57. The number of hydrogen-bond donors (Lipinski definition) is 1. The van der Waals surface area contributed by atoms with Gasteiger partial charge in [-0.2, -0.15) is 5.26 Å². The Kier molecular flexibility index (Phi) is 6.19. The largest absolute Gasteiger partial charge is 0.349 e. The number of hydrogen-bond acceptors (Lipinski definition) is 4. The average molecular weight is 382 g/mol. The number of allylic oxidation sites excluding steroid dienone is 1. The molecule has 0 radical (unpaired) electrons. The lowest BCUT2D eigenvalue weighted by Crippen LogP contribution is -2.41. The molecule has 27 heavy (non-hydrogen) atoms. The average Bonchev–Trinajstić information content (AvgIpc) is 2.67. The van der Waals surface area contributed by atoms with Crippen molar-refractivity contribution in [3.05, 3.63) is 77.2 Å². The van der Waals surface area contributed by atoms with Crippen LogP contribution in [0.5, 0.6) is 0 Å². The fourth-order valence-electron chi connectivity index (χ4n) is 2.59. The zero-order chi connectivity index (χ0) is 20.1. The first-order chi connectivity index (χ1) is 12.7. The maximum absolute atomic E-state index is 12.8. The summed E-state index contributed by atoms with van der Waals surface area (Å²) >= 11 is 0. The predicted octanol–water partition coefficient (Wildman–Crippen LogP) is 3.65. The van der Waals surface area contributed by atoms with Crippen molar-refractivity contribution in [1.29, 1.82) is 5.26 Å². The van der Waals surface area contributed by atoms with Crippen molar-refractivity contribution < 1.29 is 13.2 Å². The van der Waals surface area contributed by atoms with E-state index in [-0.39, 0.29) is 16.8 Å². The molecule has 2 rings (SSSR count). The predicted molar refractivity (Wildman–Crippen MR) is 104 cm³/mol. The molecule has 0 unspecified atom stereocenters. The van der Waals surface area contributed by atoms with Gasteiger partial charge in [0.1, 0.15) is 0 Å². The van der Waals surface area contributed by atoms with E-state index in [0.29, 0.717) is 5.56 Å². The van der Waals surface area contributed by atoms with Crippen LogP contribution in [0.25, 0.3) is 0 Å². The van der Waals surface area contributed by atoms with Crippen LogP contribution >= 0.6 is 0 Å². The molecule has 0 bridgehead atoms. The Morgan fingerprint density at radius 1 is 1.11 bits per heavy atom. The molecule has 5 nitrogen and oxygen atoms in total. The van der Waals surface area contributed by atoms with Crippen molar-refractivity contribution in [2.24, 2.45) is 0 Å². The second kappa shape index (κ2) is 8.19. The van der Waals surface area contributed by atoms with Crippen molar-refractivity contribution >= 4 is 15.7 Å². The molecule has 2 aromatic carbocycles. The van der Waals surface area contributed by atoms with Gasteiger partial charge in [-0.05, 0) is 44.0 Å². The third-order valence-corrected chi connectivity index (χ3v) is 5.86. The molecule has 6 heteroatoms. The highest BCUT2D eigenvalue weighted by molar-refractivity contribution is 7.94. The van der Waals surface area contributed by atoms with Gasteiger partial charge < -0.3 is 5.32 Å². The van der Waals surface area contributed by atoms with Crippen LogP contribution in [0.15, 0.2) is 71.0 Å². The lowest BCUT2D eigenvalue weighted by molar-refractivity contribution is -0.126. The van der Waals surface area contributed by atoms with E-state index < -0.39 is 15.3 Å². The number of nitrogens with one attached hydrogen (secondary N) is 1. The third-order valence-electron chi connectivity index (χ3n) is 4.44. The molecular weight excluding hydrogens is 360 g/mol. The lowest BCUT2D eigenvalue weighted by Gasteiger charge is -2.27. The zero-order valence-electron chi connectivity index (χ0n) is 15.5. The van der Waals surface area contributed by atoms with E-state index in [9.17, 15) is 13.2 Å². The van der Waals surface area contributed by atoms with Crippen molar-refractivity contribution in [1.82, 2.24) is 5.32 Å². The van der Waals surface area contributed by atoms with Gasteiger partial charge in [0.05, 0.1) is 22.4 Å². The Hall–Kier alpha value is -2.91. The number of amides is 1. The van der Waals surface area contributed by atoms with Gasteiger partial charge in [0.2, 0.25) is 15.7 Å². The van der Waals surface area contributed by atoms with E-state index in [2.05, 4.69) is 5.32 Å². The molecule has 0 aliphatic heterocycles. The number of sulfone groups is 1. The molecule has 1 atom stereocenters. The van der Waals surface area contributed by atoms with Crippen LogP contribution in [0.4, 0.5) is 0 Å². The fourth-order valence-corrected chi connectivity index (χ4v) is 3.51. The van der Waals surface area contributed by atoms with Crippen molar-refractivity contribution in [3.8, 4) is 6.07 Å². The van der Waals surface area contributed by atoms with Gasteiger partial charge in [-0.3, -0.25) is 4.79 Å². The van der Waals surface area contributed by atoms with E-state index in [0.717, 1.165) is 17.0 Å². The standard InChI is InChI=1S/C21H22N2O3S/c1-16(17-8-5-4-6-9-17)23-20(24)21(2,3)18-10-12-19(13-11-18)27(25,26)15-7-14-22/h4-13,15-16H,1-3H3,(H,23,24)/b15-7+/t16-/m0/s1. The van der Waals surface area contributed by atoms with Gasteiger partial charge in [-0.1, -0.05) is 42.5 Å². The molecule has 0 spiro atoms. The van der Waals surface area contributed by atoms with Gasteiger partial charge in [0.25, 0.3) is 0 Å². The summed E-state index contributed by atoms with van der Waals surface area (Å²) in [7, 11) is -3.66. The normalized spacial score (nSPS) is 13.1. The number of nitrogens with zero attached hydrogens (tertiary/aromatic N) is 1. The van der Waals surface area contributed by atoms with Crippen LogP contribution in [-0.2, 0) is 20.0 Å². The summed E-state index contributed by atoms with van der Waals surface area (Å²) in [6.45, 7) is 5.50. The van der Waals surface area contributed by atoms with E-state index in [1.54, 1.807) is 32.0 Å². The third kappa shape index (κ3) is 4.83. The molecule has 0 aliphatic carbocycles. The first-order valence-corrected chi connectivity index (χ1v) is 10.0. The summed E-state index contributed by atoms with van der Waals surface area (Å²) in [6.07, 6.45) is 0.922. The Morgan fingerprint density at radius 2 is 1.70 bits per heavy atom. The van der Waals surface area contributed by atoms with Crippen molar-refractivity contribution in [2.45, 2.75) is 37.1 Å². The summed E-state index contributed by atoms with van der Waals surface area (Å²) in [6, 6.07) is 17.3. The minimum atomic E-state index is -3.66. The Balaban J connectivity index is 2.19. The quantitative estimate of drug-likeness (QED) is 0.773. The SMILES string of the molecule is C[C@H](NC(=O)C(C)(C)c1ccc(S(=O)(=O)/C=C/C#N)cc1)c1ccccc1. The van der Waals surface area contributed by atoms with Crippen LogP contribution in [0.2, 0.25) is 0 Å². The van der Waals surface area contributed by atoms with Crippen molar-refractivity contribution in [3.63, 3.8) is 0 Å². The molecule has 1 amide bonds. The highest BCUT2D eigenvalue weighted by atomic mass is 32.2. The molecular formula is C21H22N2O3S. The van der Waals surface area contributed by atoms with Gasteiger partial charge in [0, 0.05) is 11.5 Å². The molecule has 0 aromatic heterocycles. The number of benzene rings is 2. The Bertz CT molecular complexity index is 970. The van der Waals surface area contributed by atoms with E-state index >= 15 is 0 Å². The minimum absolute atomic E-state index is 0.0756. The molecule has 0 aliphatic rings. The summed E-state index contributed by atoms with van der Waals surface area (Å²) < 4.78 is 24.1. The van der Waals surface area contributed by atoms with Crippen LogP contribution < -0.4 is 5.32 Å². The molecule has 1 N–H and O–H groups in total. The Morgan fingerprint density at radius 3 is 2.26 bits per heavy atom. The minimum Gasteiger partial charge on any atom is -0.349 e. The zero-order valence-corrected chi connectivity index (χ0v) is 16.3. The van der Waals surface area contributed by atoms with Gasteiger partial charge >= 0.3 is 0 Å². The number of nitriles is 1. The molecule has 0 fully saturated rings. The first kappa shape index (κ1) is 20.4. The first-order valence-electron chi connectivity index (χ1n) is 8.46. The second-order valence-electron chi connectivity index (χ2n) is 6.73. The molecule has 0 saturated heterocycles. The smallest absolute Gasteiger partial charge is 0.230 e. The van der Waals surface area contributed by atoms with E-state index in [1.165, 1.54) is 12.1 Å². The van der Waals surface area contributed by atoms with Crippen LogP contribution in [0.3, 0.4) is 0 Å². The maximum atomic E-state index is 12.8.